The lowest BCUT2D eigenvalue weighted by Gasteiger charge is -2.09. The monoisotopic (exact) mass is 276 g/mol. The normalized spacial score (nSPS) is 10.3. The van der Waals surface area contributed by atoms with Gasteiger partial charge in [-0.05, 0) is 24.6 Å². The Bertz CT molecular complexity index is 540. The molecule has 1 aromatic carbocycles. The Morgan fingerprint density at radius 3 is 2.58 bits per heavy atom. The fraction of sp³-hybridized carbons (Fsp3) is 0.267. The molecule has 0 saturated carbocycles. The van der Waals surface area contributed by atoms with E-state index in [1.807, 2.05) is 43.3 Å². The van der Waals surface area contributed by atoms with E-state index in [0.717, 1.165) is 28.4 Å². The smallest absolute Gasteiger partial charge is 0.122 e. The van der Waals surface area contributed by atoms with E-state index in [9.17, 15) is 0 Å². The third-order valence-electron chi connectivity index (χ3n) is 2.80. The molecular formula is C15H17ClN2O. The summed E-state index contributed by atoms with van der Waals surface area (Å²) >= 11 is 5.76. The highest BCUT2D eigenvalue weighted by Gasteiger charge is 2.01. The van der Waals surface area contributed by atoms with Crippen molar-refractivity contribution in [3.63, 3.8) is 0 Å². The number of aryl methyl sites for hydroxylation is 1. The number of pyridine rings is 1. The van der Waals surface area contributed by atoms with E-state index in [1.165, 1.54) is 0 Å². The predicted octanol–water partition coefficient (Wildman–Crippen LogP) is 3.75. The number of hydrogen-bond acceptors (Lipinski definition) is 3. The lowest BCUT2D eigenvalue weighted by Crippen LogP contribution is -2.03. The Morgan fingerprint density at radius 2 is 1.95 bits per heavy atom. The summed E-state index contributed by atoms with van der Waals surface area (Å²) in [7, 11) is 1.66. The molecule has 0 radical (unpaired) electrons. The molecule has 19 heavy (non-hydrogen) atoms. The van der Waals surface area contributed by atoms with E-state index >= 15 is 0 Å². The maximum absolute atomic E-state index is 5.76. The van der Waals surface area contributed by atoms with Gasteiger partial charge in [-0.3, -0.25) is 4.98 Å². The summed E-state index contributed by atoms with van der Waals surface area (Å²) in [5.74, 6) is 1.37. The van der Waals surface area contributed by atoms with Crippen LogP contribution in [0, 0.1) is 6.92 Å². The first kappa shape index (κ1) is 13.7. The van der Waals surface area contributed by atoms with Gasteiger partial charge in [-0.1, -0.05) is 12.1 Å². The molecule has 1 aromatic heterocycles. The molecule has 0 fully saturated rings. The van der Waals surface area contributed by atoms with Gasteiger partial charge in [-0.2, -0.15) is 0 Å². The van der Waals surface area contributed by atoms with Crippen molar-refractivity contribution in [2.45, 2.75) is 19.3 Å². The van der Waals surface area contributed by atoms with Crippen molar-refractivity contribution in [1.29, 1.82) is 0 Å². The molecule has 0 aliphatic carbocycles. The van der Waals surface area contributed by atoms with E-state index in [2.05, 4.69) is 10.3 Å². The van der Waals surface area contributed by atoms with E-state index in [1.54, 1.807) is 7.11 Å². The molecule has 0 bridgehead atoms. The summed E-state index contributed by atoms with van der Waals surface area (Å²) in [6, 6.07) is 11.9. The lowest BCUT2D eigenvalue weighted by atomic mass is 10.2. The number of rotatable bonds is 5. The topological polar surface area (TPSA) is 34.1 Å². The molecule has 0 amide bonds. The molecule has 2 rings (SSSR count). The fourth-order valence-electron chi connectivity index (χ4n) is 1.82. The number of hydrogen-bond donors (Lipinski definition) is 1. The Hall–Kier alpha value is -1.74. The lowest BCUT2D eigenvalue weighted by molar-refractivity contribution is 0.413. The predicted molar refractivity (Wildman–Crippen MR) is 78.9 cm³/mol. The first-order chi connectivity index (χ1) is 9.21. The molecule has 0 atom stereocenters. The van der Waals surface area contributed by atoms with Gasteiger partial charge >= 0.3 is 0 Å². The van der Waals surface area contributed by atoms with Crippen molar-refractivity contribution in [3.05, 3.63) is 53.3 Å². The van der Waals surface area contributed by atoms with Crippen molar-refractivity contribution < 1.29 is 4.74 Å². The van der Waals surface area contributed by atoms with E-state index in [4.69, 9.17) is 16.3 Å². The molecule has 1 heterocycles. The first-order valence-corrected chi connectivity index (χ1v) is 6.65. The first-order valence-electron chi connectivity index (χ1n) is 6.11. The highest BCUT2D eigenvalue weighted by Crippen LogP contribution is 2.16. The quantitative estimate of drug-likeness (QED) is 0.845. The standard InChI is InChI=1S/C15H17ClN2O/c1-11-7-15(19-2)8-14(18-11)10-17-13-5-3-12(9-16)4-6-13/h3-8,17H,9-10H2,1-2H3. The number of benzene rings is 1. The second kappa shape index (κ2) is 6.43. The van der Waals surface area contributed by atoms with Crippen LogP contribution >= 0.6 is 11.6 Å². The van der Waals surface area contributed by atoms with Gasteiger partial charge in [0, 0.05) is 29.4 Å². The summed E-state index contributed by atoms with van der Waals surface area (Å²) in [4.78, 5) is 4.47. The van der Waals surface area contributed by atoms with Gasteiger partial charge in [0.05, 0.1) is 19.3 Å². The number of anilines is 1. The number of aromatic nitrogens is 1. The minimum absolute atomic E-state index is 0.539. The number of alkyl halides is 1. The van der Waals surface area contributed by atoms with Crippen molar-refractivity contribution >= 4 is 17.3 Å². The SMILES string of the molecule is COc1cc(C)nc(CNc2ccc(CCl)cc2)c1. The molecule has 100 valence electrons. The van der Waals surface area contributed by atoms with Crippen molar-refractivity contribution in [2.24, 2.45) is 0 Å². The van der Waals surface area contributed by atoms with Crippen LogP contribution in [0.2, 0.25) is 0 Å². The number of nitrogens with zero attached hydrogens (tertiary/aromatic N) is 1. The van der Waals surface area contributed by atoms with Gasteiger partial charge in [-0.15, -0.1) is 11.6 Å². The van der Waals surface area contributed by atoms with Gasteiger partial charge in [0.25, 0.3) is 0 Å². The largest absolute Gasteiger partial charge is 0.497 e. The Morgan fingerprint density at radius 1 is 1.21 bits per heavy atom. The highest BCUT2D eigenvalue weighted by molar-refractivity contribution is 6.17. The third-order valence-corrected chi connectivity index (χ3v) is 3.11. The van der Waals surface area contributed by atoms with Crippen LogP contribution in [0.25, 0.3) is 0 Å². The van der Waals surface area contributed by atoms with E-state index < -0.39 is 0 Å². The Kier molecular flexibility index (Phi) is 4.63. The number of nitrogens with one attached hydrogen (secondary N) is 1. The molecule has 0 unspecified atom stereocenters. The van der Waals surface area contributed by atoms with Crippen LogP contribution in [0.15, 0.2) is 36.4 Å². The zero-order valence-electron chi connectivity index (χ0n) is 11.1. The van der Waals surface area contributed by atoms with Crippen LogP contribution in [0.4, 0.5) is 5.69 Å². The Labute approximate surface area is 118 Å². The summed E-state index contributed by atoms with van der Waals surface area (Å²) in [6.45, 7) is 2.62. The second-order valence-electron chi connectivity index (χ2n) is 4.32. The average Bonchev–Trinajstić information content (AvgIpc) is 2.45. The number of ether oxygens (including phenoxy) is 1. The van der Waals surface area contributed by atoms with Crippen LogP contribution in [0.5, 0.6) is 5.75 Å². The molecule has 0 saturated heterocycles. The summed E-state index contributed by atoms with van der Waals surface area (Å²) in [6.07, 6.45) is 0. The zero-order chi connectivity index (χ0) is 13.7. The van der Waals surface area contributed by atoms with Crippen LogP contribution in [-0.4, -0.2) is 12.1 Å². The zero-order valence-corrected chi connectivity index (χ0v) is 11.9. The Balaban J connectivity index is 2.03. The summed E-state index contributed by atoms with van der Waals surface area (Å²) in [5.41, 5.74) is 4.07. The van der Waals surface area contributed by atoms with Crippen LogP contribution < -0.4 is 10.1 Å². The highest BCUT2D eigenvalue weighted by atomic mass is 35.5. The third kappa shape index (κ3) is 3.86. The van der Waals surface area contributed by atoms with Crippen molar-refractivity contribution in [1.82, 2.24) is 4.98 Å². The summed E-state index contributed by atoms with van der Waals surface area (Å²) < 4.78 is 5.24. The molecule has 1 N–H and O–H groups in total. The number of methoxy groups -OCH3 is 1. The molecule has 0 aliphatic rings. The average molecular weight is 277 g/mol. The maximum Gasteiger partial charge on any atom is 0.122 e. The molecule has 3 nitrogen and oxygen atoms in total. The minimum Gasteiger partial charge on any atom is -0.497 e. The van der Waals surface area contributed by atoms with Crippen LogP contribution in [0.1, 0.15) is 17.0 Å². The molecular weight excluding hydrogens is 260 g/mol. The number of halogens is 1. The molecule has 0 spiro atoms. The van der Waals surface area contributed by atoms with Gasteiger partial charge in [-0.25, -0.2) is 0 Å². The summed E-state index contributed by atoms with van der Waals surface area (Å²) in [5, 5.41) is 3.33. The molecule has 4 heteroatoms. The van der Waals surface area contributed by atoms with Gasteiger partial charge in [0.15, 0.2) is 0 Å². The minimum atomic E-state index is 0.539. The van der Waals surface area contributed by atoms with E-state index in [0.29, 0.717) is 12.4 Å². The van der Waals surface area contributed by atoms with Gasteiger partial charge in [0.2, 0.25) is 0 Å². The van der Waals surface area contributed by atoms with Crippen molar-refractivity contribution in [2.75, 3.05) is 12.4 Å². The van der Waals surface area contributed by atoms with Crippen LogP contribution in [-0.2, 0) is 12.4 Å². The second-order valence-corrected chi connectivity index (χ2v) is 4.59. The van der Waals surface area contributed by atoms with Crippen molar-refractivity contribution in [3.8, 4) is 5.75 Å². The molecule has 0 aliphatic heterocycles. The van der Waals surface area contributed by atoms with Crippen LogP contribution in [0.3, 0.4) is 0 Å². The maximum atomic E-state index is 5.76. The molecule has 2 aromatic rings. The van der Waals surface area contributed by atoms with E-state index in [-0.39, 0.29) is 0 Å². The van der Waals surface area contributed by atoms with Gasteiger partial charge < -0.3 is 10.1 Å². The van der Waals surface area contributed by atoms with Gasteiger partial charge in [0.1, 0.15) is 5.75 Å². The fourth-order valence-corrected chi connectivity index (χ4v) is 1.99.